The lowest BCUT2D eigenvalue weighted by atomic mass is 10.1. The Morgan fingerprint density at radius 2 is 2.04 bits per heavy atom. The number of carbonyl (C=O) groups is 1. The summed E-state index contributed by atoms with van der Waals surface area (Å²) < 4.78 is 0. The zero-order valence-electron chi connectivity index (χ0n) is 18.1. The van der Waals surface area contributed by atoms with Gasteiger partial charge in [-0.05, 0) is 32.9 Å². The summed E-state index contributed by atoms with van der Waals surface area (Å²) in [5.41, 5.74) is 0.937. The fraction of sp³-hybridized carbons (Fsp3) is 0.800. The zero-order chi connectivity index (χ0) is 20.8. The van der Waals surface area contributed by atoms with E-state index in [1.54, 1.807) is 11.8 Å². The molecule has 7 nitrogen and oxygen atoms in total. The number of amides is 1. The Labute approximate surface area is 174 Å². The second-order valence-corrected chi connectivity index (χ2v) is 9.18. The Morgan fingerprint density at radius 1 is 1.32 bits per heavy atom. The third-order valence-electron chi connectivity index (χ3n) is 5.63. The molecule has 2 aliphatic rings. The van der Waals surface area contributed by atoms with Crippen molar-refractivity contribution in [3.8, 4) is 0 Å². The third-order valence-corrected chi connectivity index (χ3v) is 6.25. The molecule has 160 valence electrons. The van der Waals surface area contributed by atoms with E-state index >= 15 is 0 Å². The molecule has 0 aliphatic carbocycles. The first-order valence-electron chi connectivity index (χ1n) is 10.3. The van der Waals surface area contributed by atoms with Crippen molar-refractivity contribution >= 4 is 22.8 Å². The first-order chi connectivity index (χ1) is 13.2. The maximum Gasteiger partial charge on any atom is 0.225 e. The molecule has 3 N–H and O–H groups in total. The van der Waals surface area contributed by atoms with Crippen molar-refractivity contribution in [3.05, 3.63) is 12.3 Å². The Balaban J connectivity index is 1.86. The number of thioether (sulfide) groups is 1. The lowest BCUT2D eigenvalue weighted by Crippen LogP contribution is -2.59. The van der Waals surface area contributed by atoms with Crippen LogP contribution in [0.15, 0.2) is 17.3 Å². The largest absolute Gasteiger partial charge is 0.338 e. The maximum atomic E-state index is 12.4. The molecule has 1 amide bonds. The molecule has 2 saturated heterocycles. The van der Waals surface area contributed by atoms with Crippen LogP contribution in [-0.4, -0.2) is 83.0 Å². The topological polar surface area (TPSA) is 77.2 Å². The highest BCUT2D eigenvalue weighted by Gasteiger charge is 2.32. The molecule has 2 heterocycles. The number of hydrogen-bond acceptors (Lipinski definition) is 6. The lowest BCUT2D eigenvalue weighted by molar-refractivity contribution is -0.140. The average Bonchev–Trinajstić information content (AvgIpc) is 3.05. The number of hydrazine groups is 1. The Kier molecular flexibility index (Phi) is 8.80. The van der Waals surface area contributed by atoms with E-state index in [1.165, 1.54) is 0 Å². The lowest BCUT2D eigenvalue weighted by Gasteiger charge is -2.45. The molecule has 0 aromatic heterocycles. The molecular formula is C20H38N6OS. The molecule has 0 bridgehead atoms. The van der Waals surface area contributed by atoms with Gasteiger partial charge in [-0.1, -0.05) is 32.2 Å². The summed E-state index contributed by atoms with van der Waals surface area (Å²) in [5.74, 6) is 6.28. The standard InChI is InChI=1S/C20H38N6OS/c1-14(2)19(27)25-13-16(4)24(12-17(25)5)11-15(3)23-20(28-6)22-10-18-8-7-9-26(18)21/h14,16-18H,3,7-13,21H2,1-2,4-6H3,(H,22,23). The van der Waals surface area contributed by atoms with E-state index in [-0.39, 0.29) is 17.9 Å². The summed E-state index contributed by atoms with van der Waals surface area (Å²) in [7, 11) is 0. The van der Waals surface area contributed by atoms with Crippen LogP contribution in [0.25, 0.3) is 0 Å². The quantitative estimate of drug-likeness (QED) is 0.394. The number of nitrogens with two attached hydrogens (primary N) is 1. The predicted octanol–water partition coefficient (Wildman–Crippen LogP) is 1.72. The normalized spacial score (nSPS) is 27.5. The molecule has 2 aliphatic heterocycles. The number of carbonyl (C=O) groups excluding carboxylic acids is 1. The highest BCUT2D eigenvalue weighted by atomic mass is 32.2. The van der Waals surface area contributed by atoms with Crippen LogP contribution in [0.5, 0.6) is 0 Å². The molecule has 0 saturated carbocycles. The van der Waals surface area contributed by atoms with Gasteiger partial charge in [0.05, 0.1) is 6.54 Å². The van der Waals surface area contributed by atoms with Crippen LogP contribution in [0, 0.1) is 5.92 Å². The minimum atomic E-state index is 0.0440. The van der Waals surface area contributed by atoms with E-state index in [1.807, 2.05) is 30.0 Å². The maximum absolute atomic E-state index is 12.4. The van der Waals surface area contributed by atoms with Crippen LogP contribution in [0.2, 0.25) is 0 Å². The van der Waals surface area contributed by atoms with Gasteiger partial charge < -0.3 is 10.2 Å². The van der Waals surface area contributed by atoms with Gasteiger partial charge in [-0.25, -0.2) is 5.01 Å². The van der Waals surface area contributed by atoms with Crippen LogP contribution in [0.4, 0.5) is 0 Å². The van der Waals surface area contributed by atoms with E-state index < -0.39 is 0 Å². The van der Waals surface area contributed by atoms with Crippen molar-refractivity contribution in [2.24, 2.45) is 16.8 Å². The monoisotopic (exact) mass is 410 g/mol. The van der Waals surface area contributed by atoms with Gasteiger partial charge in [0.1, 0.15) is 0 Å². The second kappa shape index (κ2) is 10.6. The summed E-state index contributed by atoms with van der Waals surface area (Å²) in [6, 6.07) is 0.853. The summed E-state index contributed by atoms with van der Waals surface area (Å²) in [6.45, 7) is 16.5. The van der Waals surface area contributed by atoms with E-state index in [0.717, 1.165) is 56.4 Å². The molecule has 3 unspecified atom stereocenters. The SMILES string of the molecule is C=C(CN1CC(C)N(C(=O)C(C)C)CC1C)NC(=NCC1CCCN1N)SC. The van der Waals surface area contributed by atoms with Crippen LogP contribution < -0.4 is 11.2 Å². The van der Waals surface area contributed by atoms with Crippen molar-refractivity contribution in [1.82, 2.24) is 20.1 Å². The smallest absolute Gasteiger partial charge is 0.225 e. The van der Waals surface area contributed by atoms with Gasteiger partial charge in [-0.2, -0.15) is 0 Å². The summed E-state index contributed by atoms with van der Waals surface area (Å²) in [5, 5.41) is 6.17. The van der Waals surface area contributed by atoms with E-state index in [0.29, 0.717) is 12.1 Å². The van der Waals surface area contributed by atoms with Gasteiger partial charge >= 0.3 is 0 Å². The van der Waals surface area contributed by atoms with Crippen LogP contribution in [0.3, 0.4) is 0 Å². The Bertz CT molecular complexity index is 581. The molecular weight excluding hydrogens is 372 g/mol. The third kappa shape index (κ3) is 6.20. The van der Waals surface area contributed by atoms with Gasteiger partial charge in [0.25, 0.3) is 0 Å². The average molecular weight is 411 g/mol. The molecule has 28 heavy (non-hydrogen) atoms. The first kappa shape index (κ1) is 23.2. The molecule has 3 atom stereocenters. The van der Waals surface area contributed by atoms with Crippen molar-refractivity contribution in [2.45, 2.75) is 58.7 Å². The van der Waals surface area contributed by atoms with E-state index in [2.05, 4.69) is 30.6 Å². The van der Waals surface area contributed by atoms with Crippen molar-refractivity contribution in [2.75, 3.05) is 39.0 Å². The number of piperazine rings is 1. The molecule has 2 fully saturated rings. The van der Waals surface area contributed by atoms with Crippen molar-refractivity contribution in [3.63, 3.8) is 0 Å². The van der Waals surface area contributed by atoms with E-state index in [9.17, 15) is 4.79 Å². The summed E-state index contributed by atoms with van der Waals surface area (Å²) >= 11 is 1.60. The molecule has 0 aromatic carbocycles. The number of hydrogen-bond donors (Lipinski definition) is 2. The van der Waals surface area contributed by atoms with Gasteiger partial charge in [-0.3, -0.25) is 20.5 Å². The van der Waals surface area contributed by atoms with Gasteiger partial charge in [0.15, 0.2) is 5.17 Å². The van der Waals surface area contributed by atoms with Crippen LogP contribution >= 0.6 is 11.8 Å². The fourth-order valence-electron chi connectivity index (χ4n) is 3.89. The zero-order valence-corrected chi connectivity index (χ0v) is 19.0. The number of amidine groups is 1. The van der Waals surface area contributed by atoms with Crippen molar-refractivity contribution in [1.29, 1.82) is 0 Å². The van der Waals surface area contributed by atoms with Gasteiger partial charge in [0, 0.05) is 55.9 Å². The summed E-state index contributed by atoms with van der Waals surface area (Å²) in [4.78, 5) is 21.5. The van der Waals surface area contributed by atoms with E-state index in [4.69, 9.17) is 10.8 Å². The molecule has 0 spiro atoms. The number of aliphatic imine (C=N–C) groups is 1. The minimum Gasteiger partial charge on any atom is -0.338 e. The van der Waals surface area contributed by atoms with Gasteiger partial charge in [0.2, 0.25) is 5.91 Å². The van der Waals surface area contributed by atoms with Crippen LogP contribution in [0.1, 0.15) is 40.5 Å². The Morgan fingerprint density at radius 3 is 2.61 bits per heavy atom. The molecule has 8 heteroatoms. The summed E-state index contributed by atoms with van der Waals surface area (Å²) in [6.07, 6.45) is 4.28. The number of rotatable bonds is 6. The van der Waals surface area contributed by atoms with Gasteiger partial charge in [-0.15, -0.1) is 0 Å². The molecule has 2 rings (SSSR count). The number of nitrogens with zero attached hydrogens (tertiary/aromatic N) is 4. The fourth-order valence-corrected chi connectivity index (χ4v) is 4.34. The minimum absolute atomic E-state index is 0.0440. The second-order valence-electron chi connectivity index (χ2n) is 8.39. The number of nitrogens with one attached hydrogen (secondary N) is 1. The first-order valence-corrected chi connectivity index (χ1v) is 11.5. The highest BCUT2D eigenvalue weighted by Crippen LogP contribution is 2.19. The predicted molar refractivity (Wildman–Crippen MR) is 119 cm³/mol. The molecule has 0 radical (unpaired) electrons. The highest BCUT2D eigenvalue weighted by molar-refractivity contribution is 8.13. The Hall–Kier alpha value is -1.09. The van der Waals surface area contributed by atoms with Crippen molar-refractivity contribution < 1.29 is 4.79 Å². The molecule has 0 aromatic rings. The van der Waals surface area contributed by atoms with Crippen LogP contribution in [-0.2, 0) is 4.79 Å².